The summed E-state index contributed by atoms with van der Waals surface area (Å²) < 4.78 is 1.22. The first-order valence-electron chi connectivity index (χ1n) is 6.83. The molecular weight excluding hydrogens is 288 g/mol. The molecule has 0 saturated carbocycles. The van der Waals surface area contributed by atoms with Crippen molar-refractivity contribution in [2.75, 3.05) is 20.1 Å². The normalized spacial score (nSPS) is 21.0. The number of nitrogens with one attached hydrogen (secondary N) is 1. The van der Waals surface area contributed by atoms with Crippen molar-refractivity contribution < 1.29 is 0 Å². The molecule has 0 amide bonds. The molecule has 1 fully saturated rings. The Morgan fingerprint density at radius 2 is 2.17 bits per heavy atom. The summed E-state index contributed by atoms with van der Waals surface area (Å²) >= 11 is 3.62. The SMILES string of the molecule is Cc1ccc(CN(C)C2CCCNCC2)cc1Br. The lowest BCUT2D eigenvalue weighted by Gasteiger charge is -2.27. The molecule has 100 valence electrons. The minimum Gasteiger partial charge on any atom is -0.317 e. The molecule has 1 saturated heterocycles. The fourth-order valence-electron chi connectivity index (χ4n) is 2.59. The zero-order valence-electron chi connectivity index (χ0n) is 11.4. The van der Waals surface area contributed by atoms with Crippen molar-refractivity contribution in [3.63, 3.8) is 0 Å². The molecule has 0 radical (unpaired) electrons. The molecule has 2 rings (SSSR count). The maximum absolute atomic E-state index is 3.62. The second-order valence-corrected chi connectivity index (χ2v) is 6.19. The standard InChI is InChI=1S/C15H23BrN2/c1-12-5-6-13(10-15(12)16)11-18(2)14-4-3-8-17-9-7-14/h5-6,10,14,17H,3-4,7-9,11H2,1-2H3. The van der Waals surface area contributed by atoms with Gasteiger partial charge in [0.1, 0.15) is 0 Å². The topological polar surface area (TPSA) is 15.3 Å². The van der Waals surface area contributed by atoms with E-state index in [4.69, 9.17) is 0 Å². The molecule has 1 aromatic rings. The summed E-state index contributed by atoms with van der Waals surface area (Å²) in [5, 5.41) is 3.48. The lowest BCUT2D eigenvalue weighted by molar-refractivity contribution is 0.216. The number of aryl methyl sites for hydroxylation is 1. The summed E-state index contributed by atoms with van der Waals surface area (Å²) in [6.45, 7) is 5.52. The third-order valence-electron chi connectivity index (χ3n) is 3.84. The number of benzene rings is 1. The number of nitrogens with zero attached hydrogens (tertiary/aromatic N) is 1. The van der Waals surface area contributed by atoms with Gasteiger partial charge in [0.2, 0.25) is 0 Å². The quantitative estimate of drug-likeness (QED) is 0.921. The Balaban J connectivity index is 1.96. The summed E-state index contributed by atoms with van der Waals surface area (Å²) in [5.41, 5.74) is 2.70. The fourth-order valence-corrected chi connectivity index (χ4v) is 3.02. The van der Waals surface area contributed by atoms with Gasteiger partial charge in [0.05, 0.1) is 0 Å². The van der Waals surface area contributed by atoms with Crippen LogP contribution in [0.25, 0.3) is 0 Å². The highest BCUT2D eigenvalue weighted by atomic mass is 79.9. The lowest BCUT2D eigenvalue weighted by atomic mass is 10.1. The van der Waals surface area contributed by atoms with Gasteiger partial charge in [-0.05, 0) is 63.5 Å². The molecule has 0 aliphatic carbocycles. The van der Waals surface area contributed by atoms with E-state index in [-0.39, 0.29) is 0 Å². The van der Waals surface area contributed by atoms with E-state index in [0.29, 0.717) is 0 Å². The van der Waals surface area contributed by atoms with E-state index in [1.54, 1.807) is 0 Å². The van der Waals surface area contributed by atoms with Gasteiger partial charge in [-0.1, -0.05) is 28.1 Å². The zero-order chi connectivity index (χ0) is 13.0. The van der Waals surface area contributed by atoms with Crippen LogP contribution >= 0.6 is 15.9 Å². The van der Waals surface area contributed by atoms with Crippen molar-refractivity contribution in [3.05, 3.63) is 33.8 Å². The molecule has 0 bridgehead atoms. The highest BCUT2D eigenvalue weighted by molar-refractivity contribution is 9.10. The Kier molecular flexibility index (Phi) is 5.22. The Labute approximate surface area is 119 Å². The van der Waals surface area contributed by atoms with Gasteiger partial charge in [0.15, 0.2) is 0 Å². The van der Waals surface area contributed by atoms with E-state index in [9.17, 15) is 0 Å². The molecule has 1 N–H and O–H groups in total. The van der Waals surface area contributed by atoms with E-state index in [1.807, 2.05) is 0 Å². The van der Waals surface area contributed by atoms with Crippen molar-refractivity contribution >= 4 is 15.9 Å². The van der Waals surface area contributed by atoms with Crippen molar-refractivity contribution in [2.24, 2.45) is 0 Å². The van der Waals surface area contributed by atoms with Gasteiger partial charge in [-0.2, -0.15) is 0 Å². The summed E-state index contributed by atoms with van der Waals surface area (Å²) in [7, 11) is 2.25. The van der Waals surface area contributed by atoms with Gasteiger partial charge in [0, 0.05) is 17.1 Å². The summed E-state index contributed by atoms with van der Waals surface area (Å²) in [6.07, 6.45) is 3.88. The Hall–Kier alpha value is -0.380. The molecule has 2 nitrogen and oxygen atoms in total. The van der Waals surface area contributed by atoms with Crippen LogP contribution in [0.2, 0.25) is 0 Å². The minimum absolute atomic E-state index is 0.722. The van der Waals surface area contributed by atoms with Crippen LogP contribution in [-0.4, -0.2) is 31.1 Å². The third kappa shape index (κ3) is 3.81. The van der Waals surface area contributed by atoms with Crippen molar-refractivity contribution in [1.82, 2.24) is 10.2 Å². The van der Waals surface area contributed by atoms with Crippen LogP contribution in [0.3, 0.4) is 0 Å². The van der Waals surface area contributed by atoms with Crippen LogP contribution in [0.1, 0.15) is 30.4 Å². The van der Waals surface area contributed by atoms with Crippen molar-refractivity contribution in [3.8, 4) is 0 Å². The van der Waals surface area contributed by atoms with Gasteiger partial charge in [-0.15, -0.1) is 0 Å². The number of halogens is 1. The third-order valence-corrected chi connectivity index (χ3v) is 4.69. The number of hydrogen-bond donors (Lipinski definition) is 1. The molecule has 0 spiro atoms. The molecule has 18 heavy (non-hydrogen) atoms. The molecule has 1 aliphatic rings. The summed E-state index contributed by atoms with van der Waals surface area (Å²) in [4.78, 5) is 2.50. The van der Waals surface area contributed by atoms with Crippen molar-refractivity contribution in [1.29, 1.82) is 0 Å². The monoisotopic (exact) mass is 310 g/mol. The predicted octanol–water partition coefficient (Wildman–Crippen LogP) is 3.33. The van der Waals surface area contributed by atoms with E-state index >= 15 is 0 Å². The first kappa shape index (κ1) is 14.0. The van der Waals surface area contributed by atoms with E-state index in [0.717, 1.165) is 19.1 Å². The fraction of sp³-hybridized carbons (Fsp3) is 0.600. The van der Waals surface area contributed by atoms with Crippen LogP contribution in [0.5, 0.6) is 0 Å². The second kappa shape index (κ2) is 6.69. The van der Waals surface area contributed by atoms with E-state index < -0.39 is 0 Å². The minimum atomic E-state index is 0.722. The zero-order valence-corrected chi connectivity index (χ0v) is 13.0. The van der Waals surface area contributed by atoms with Gasteiger partial charge in [-0.3, -0.25) is 4.90 Å². The van der Waals surface area contributed by atoms with Gasteiger partial charge in [0.25, 0.3) is 0 Å². The van der Waals surface area contributed by atoms with Crippen LogP contribution in [-0.2, 0) is 6.54 Å². The molecule has 1 aromatic carbocycles. The Bertz CT molecular complexity index is 384. The maximum Gasteiger partial charge on any atom is 0.0234 e. The molecule has 3 heteroatoms. The first-order valence-corrected chi connectivity index (χ1v) is 7.62. The van der Waals surface area contributed by atoms with E-state index in [1.165, 1.54) is 41.4 Å². The molecular formula is C15H23BrN2. The van der Waals surface area contributed by atoms with Gasteiger partial charge < -0.3 is 5.32 Å². The Morgan fingerprint density at radius 1 is 1.33 bits per heavy atom. The number of rotatable bonds is 3. The van der Waals surface area contributed by atoms with Gasteiger partial charge in [-0.25, -0.2) is 0 Å². The lowest BCUT2D eigenvalue weighted by Crippen LogP contribution is -2.32. The molecule has 1 heterocycles. The molecule has 0 aromatic heterocycles. The Morgan fingerprint density at radius 3 is 2.94 bits per heavy atom. The largest absolute Gasteiger partial charge is 0.317 e. The maximum atomic E-state index is 3.62. The molecule has 1 aliphatic heterocycles. The molecule has 1 unspecified atom stereocenters. The van der Waals surface area contributed by atoms with Crippen LogP contribution in [0, 0.1) is 6.92 Å². The van der Waals surface area contributed by atoms with Crippen LogP contribution in [0.4, 0.5) is 0 Å². The van der Waals surface area contributed by atoms with Gasteiger partial charge >= 0.3 is 0 Å². The number of hydrogen-bond acceptors (Lipinski definition) is 2. The highest BCUT2D eigenvalue weighted by Gasteiger charge is 2.16. The smallest absolute Gasteiger partial charge is 0.0234 e. The summed E-state index contributed by atoms with van der Waals surface area (Å²) in [5.74, 6) is 0. The predicted molar refractivity (Wildman–Crippen MR) is 80.9 cm³/mol. The van der Waals surface area contributed by atoms with Crippen LogP contribution in [0.15, 0.2) is 22.7 Å². The summed E-state index contributed by atoms with van der Waals surface area (Å²) in [6, 6.07) is 7.41. The van der Waals surface area contributed by atoms with Crippen LogP contribution < -0.4 is 5.32 Å². The average molecular weight is 311 g/mol. The van der Waals surface area contributed by atoms with Crippen molar-refractivity contribution in [2.45, 2.75) is 38.8 Å². The van der Waals surface area contributed by atoms with E-state index in [2.05, 4.69) is 58.3 Å². The second-order valence-electron chi connectivity index (χ2n) is 5.33. The first-order chi connectivity index (χ1) is 8.66. The highest BCUT2D eigenvalue weighted by Crippen LogP contribution is 2.20. The molecule has 1 atom stereocenters. The average Bonchev–Trinajstić information content (AvgIpc) is 2.62.